The highest BCUT2D eigenvalue weighted by Gasteiger charge is 2.13. The lowest BCUT2D eigenvalue weighted by Crippen LogP contribution is -2.22. The molecule has 0 saturated heterocycles. The number of hydrogen-bond donors (Lipinski definition) is 1. The summed E-state index contributed by atoms with van der Waals surface area (Å²) < 4.78 is 2.04. The van der Waals surface area contributed by atoms with Gasteiger partial charge in [0.2, 0.25) is 0 Å². The van der Waals surface area contributed by atoms with Gasteiger partial charge in [0.25, 0.3) is 0 Å². The summed E-state index contributed by atoms with van der Waals surface area (Å²) in [6, 6.07) is 4.31. The van der Waals surface area contributed by atoms with E-state index in [1.165, 1.54) is 5.56 Å². The van der Waals surface area contributed by atoms with Crippen molar-refractivity contribution in [3.8, 4) is 0 Å². The van der Waals surface area contributed by atoms with Gasteiger partial charge < -0.3 is 9.88 Å². The predicted octanol–water partition coefficient (Wildman–Crippen LogP) is 1.32. The number of nitrogens with zero attached hydrogens (tertiary/aromatic N) is 3. The average Bonchev–Trinajstić information content (AvgIpc) is 2.74. The number of aryl methyl sites for hydroxylation is 1. The first-order chi connectivity index (χ1) is 7.81. The van der Waals surface area contributed by atoms with Crippen LogP contribution in [0.4, 0.5) is 0 Å². The van der Waals surface area contributed by atoms with Crippen molar-refractivity contribution in [2.45, 2.75) is 12.5 Å². The van der Waals surface area contributed by atoms with Crippen molar-refractivity contribution >= 4 is 0 Å². The summed E-state index contributed by atoms with van der Waals surface area (Å²) in [5, 5.41) is 3.29. The van der Waals surface area contributed by atoms with Crippen molar-refractivity contribution in [1.29, 1.82) is 0 Å². The van der Waals surface area contributed by atoms with Crippen molar-refractivity contribution in [3.05, 3.63) is 48.3 Å². The van der Waals surface area contributed by atoms with E-state index in [1.807, 2.05) is 55.6 Å². The van der Waals surface area contributed by atoms with Gasteiger partial charge in [-0.15, -0.1) is 0 Å². The van der Waals surface area contributed by atoms with Gasteiger partial charge in [-0.1, -0.05) is 0 Å². The van der Waals surface area contributed by atoms with Crippen molar-refractivity contribution in [1.82, 2.24) is 19.9 Å². The number of likely N-dealkylation sites (N-methyl/N-ethyl adjacent to an activating group) is 1. The number of nitrogens with one attached hydrogen (secondary N) is 1. The lowest BCUT2D eigenvalue weighted by Gasteiger charge is -2.15. The molecule has 0 aliphatic heterocycles. The molecule has 16 heavy (non-hydrogen) atoms. The monoisotopic (exact) mass is 216 g/mol. The Kier molecular flexibility index (Phi) is 3.31. The Morgan fingerprint density at radius 3 is 2.62 bits per heavy atom. The van der Waals surface area contributed by atoms with E-state index in [1.54, 1.807) is 0 Å². The Hall–Kier alpha value is -1.68. The van der Waals surface area contributed by atoms with Crippen LogP contribution in [0, 0.1) is 0 Å². The molecule has 0 aliphatic carbocycles. The second-order valence-electron chi connectivity index (χ2n) is 3.80. The molecule has 4 heteroatoms. The second-order valence-corrected chi connectivity index (χ2v) is 3.80. The molecule has 0 fully saturated rings. The van der Waals surface area contributed by atoms with Crippen LogP contribution in [0.2, 0.25) is 0 Å². The number of pyridine rings is 1. The molecule has 0 amide bonds. The molecule has 1 unspecified atom stereocenters. The van der Waals surface area contributed by atoms with Crippen LogP contribution in [0.25, 0.3) is 0 Å². The topological polar surface area (TPSA) is 42.7 Å². The van der Waals surface area contributed by atoms with Gasteiger partial charge in [0.15, 0.2) is 0 Å². The smallest absolute Gasteiger partial charge is 0.125 e. The van der Waals surface area contributed by atoms with E-state index in [0.717, 1.165) is 12.2 Å². The van der Waals surface area contributed by atoms with Crippen LogP contribution in [0.5, 0.6) is 0 Å². The van der Waals surface area contributed by atoms with E-state index in [2.05, 4.69) is 15.3 Å². The van der Waals surface area contributed by atoms with Gasteiger partial charge in [0, 0.05) is 31.8 Å². The van der Waals surface area contributed by atoms with Gasteiger partial charge in [-0.3, -0.25) is 4.98 Å². The van der Waals surface area contributed by atoms with Gasteiger partial charge in [-0.05, 0) is 31.2 Å². The van der Waals surface area contributed by atoms with Gasteiger partial charge in [-0.2, -0.15) is 0 Å². The first-order valence-corrected chi connectivity index (χ1v) is 5.34. The van der Waals surface area contributed by atoms with E-state index < -0.39 is 0 Å². The highest BCUT2D eigenvalue weighted by Crippen LogP contribution is 2.15. The summed E-state index contributed by atoms with van der Waals surface area (Å²) in [5.74, 6) is 1.05. The summed E-state index contributed by atoms with van der Waals surface area (Å²) in [6.07, 6.45) is 8.35. The molecular formula is C12H16N4. The first-order valence-electron chi connectivity index (χ1n) is 5.34. The zero-order valence-corrected chi connectivity index (χ0v) is 9.59. The molecule has 2 aromatic rings. The van der Waals surface area contributed by atoms with E-state index >= 15 is 0 Å². The fraction of sp³-hybridized carbons (Fsp3) is 0.333. The van der Waals surface area contributed by atoms with Crippen LogP contribution in [-0.4, -0.2) is 21.6 Å². The maximum Gasteiger partial charge on any atom is 0.125 e. The Labute approximate surface area is 95.4 Å². The molecule has 2 rings (SSSR count). The third-order valence-corrected chi connectivity index (χ3v) is 2.71. The fourth-order valence-corrected chi connectivity index (χ4v) is 1.79. The standard InChI is InChI=1S/C12H16N4/c1-13-11(12-15-7-8-16(12)2)9-10-3-5-14-6-4-10/h3-8,11,13H,9H2,1-2H3. The molecule has 84 valence electrons. The third kappa shape index (κ3) is 2.28. The molecule has 1 N–H and O–H groups in total. The van der Waals surface area contributed by atoms with Crippen LogP contribution in [0.15, 0.2) is 36.9 Å². The van der Waals surface area contributed by atoms with E-state index in [-0.39, 0.29) is 6.04 Å². The summed E-state index contributed by atoms with van der Waals surface area (Å²) in [5.41, 5.74) is 1.26. The molecule has 0 saturated carbocycles. The average molecular weight is 216 g/mol. The minimum atomic E-state index is 0.238. The number of aromatic nitrogens is 3. The molecule has 2 aromatic heterocycles. The van der Waals surface area contributed by atoms with Gasteiger partial charge in [0.1, 0.15) is 5.82 Å². The molecule has 0 aromatic carbocycles. The van der Waals surface area contributed by atoms with Crippen LogP contribution in [0.1, 0.15) is 17.4 Å². The molecule has 0 spiro atoms. The molecule has 2 heterocycles. The van der Waals surface area contributed by atoms with Crippen molar-refractivity contribution in [2.24, 2.45) is 7.05 Å². The summed E-state index contributed by atoms with van der Waals surface area (Å²) in [6.45, 7) is 0. The zero-order chi connectivity index (χ0) is 11.4. The Morgan fingerprint density at radius 2 is 2.06 bits per heavy atom. The summed E-state index contributed by atoms with van der Waals surface area (Å²) in [7, 11) is 3.97. The first kappa shape index (κ1) is 10.8. The predicted molar refractivity (Wildman–Crippen MR) is 62.9 cm³/mol. The maximum atomic E-state index is 4.37. The minimum absolute atomic E-state index is 0.238. The minimum Gasteiger partial charge on any atom is -0.337 e. The highest BCUT2D eigenvalue weighted by molar-refractivity contribution is 5.14. The molecule has 4 nitrogen and oxygen atoms in total. The van der Waals surface area contributed by atoms with E-state index in [0.29, 0.717) is 0 Å². The second kappa shape index (κ2) is 4.90. The molecule has 1 atom stereocenters. The van der Waals surface area contributed by atoms with Crippen LogP contribution in [0.3, 0.4) is 0 Å². The normalized spacial score (nSPS) is 12.6. The maximum absolute atomic E-state index is 4.37. The van der Waals surface area contributed by atoms with Crippen LogP contribution in [-0.2, 0) is 13.5 Å². The SMILES string of the molecule is CNC(Cc1ccncc1)c1nccn1C. The Morgan fingerprint density at radius 1 is 1.31 bits per heavy atom. The molecular weight excluding hydrogens is 200 g/mol. The van der Waals surface area contributed by atoms with E-state index in [4.69, 9.17) is 0 Å². The summed E-state index contributed by atoms with van der Waals surface area (Å²) >= 11 is 0. The van der Waals surface area contributed by atoms with Crippen molar-refractivity contribution in [2.75, 3.05) is 7.05 Å². The van der Waals surface area contributed by atoms with E-state index in [9.17, 15) is 0 Å². The Bertz CT molecular complexity index is 435. The number of hydrogen-bond acceptors (Lipinski definition) is 3. The lowest BCUT2D eigenvalue weighted by atomic mass is 10.1. The molecule has 0 bridgehead atoms. The third-order valence-electron chi connectivity index (χ3n) is 2.71. The number of imidazole rings is 1. The molecule has 0 aliphatic rings. The van der Waals surface area contributed by atoms with Gasteiger partial charge >= 0.3 is 0 Å². The highest BCUT2D eigenvalue weighted by atomic mass is 15.1. The lowest BCUT2D eigenvalue weighted by molar-refractivity contribution is 0.538. The van der Waals surface area contributed by atoms with Crippen molar-refractivity contribution < 1.29 is 0 Å². The quantitative estimate of drug-likeness (QED) is 0.838. The number of rotatable bonds is 4. The Balaban J connectivity index is 2.16. The zero-order valence-electron chi connectivity index (χ0n) is 9.59. The van der Waals surface area contributed by atoms with Crippen LogP contribution < -0.4 is 5.32 Å². The summed E-state index contributed by atoms with van der Waals surface area (Å²) in [4.78, 5) is 8.39. The largest absolute Gasteiger partial charge is 0.337 e. The molecule has 0 radical (unpaired) electrons. The fourth-order valence-electron chi connectivity index (χ4n) is 1.79. The van der Waals surface area contributed by atoms with Gasteiger partial charge in [0.05, 0.1) is 6.04 Å². The van der Waals surface area contributed by atoms with Gasteiger partial charge in [-0.25, -0.2) is 4.98 Å². The van der Waals surface area contributed by atoms with Crippen molar-refractivity contribution in [3.63, 3.8) is 0 Å². The van der Waals surface area contributed by atoms with Crippen LogP contribution >= 0.6 is 0 Å².